The van der Waals surface area contributed by atoms with Crippen LogP contribution in [-0.4, -0.2) is 11.8 Å². The first kappa shape index (κ1) is 18.9. The Balaban J connectivity index is 1.69. The minimum absolute atomic E-state index is 0.221. The highest BCUT2D eigenvalue weighted by Crippen LogP contribution is 2.47. The predicted octanol–water partition coefficient (Wildman–Crippen LogP) is 4.68. The van der Waals surface area contributed by atoms with Crippen LogP contribution in [0.3, 0.4) is 0 Å². The van der Waals surface area contributed by atoms with Gasteiger partial charge in [-0.05, 0) is 62.6 Å². The molecule has 2 aromatic rings. The van der Waals surface area contributed by atoms with Gasteiger partial charge in [0, 0.05) is 11.4 Å². The molecule has 3 rings (SSSR count). The van der Waals surface area contributed by atoms with E-state index in [9.17, 15) is 22.8 Å². The fraction of sp³-hybridized carbons (Fsp3) is 0.300. The molecule has 0 spiro atoms. The van der Waals surface area contributed by atoms with E-state index in [1.165, 1.54) is 12.1 Å². The summed E-state index contributed by atoms with van der Waals surface area (Å²) in [5.74, 6) is -0.914. The second kappa shape index (κ2) is 6.72. The Kier molecular flexibility index (Phi) is 4.71. The number of nitrogens with one attached hydrogen (secondary N) is 2. The summed E-state index contributed by atoms with van der Waals surface area (Å²) in [7, 11) is 0. The highest BCUT2D eigenvalue weighted by atomic mass is 19.4. The number of aryl methyl sites for hydroxylation is 2. The fourth-order valence-corrected chi connectivity index (χ4v) is 2.87. The molecule has 7 heteroatoms. The number of hydrogen-bond donors (Lipinski definition) is 2. The molecule has 2 amide bonds. The normalized spacial score (nSPS) is 15.1. The summed E-state index contributed by atoms with van der Waals surface area (Å²) >= 11 is 0. The van der Waals surface area contributed by atoms with Crippen LogP contribution in [0.4, 0.5) is 24.5 Å². The fourth-order valence-electron chi connectivity index (χ4n) is 2.87. The maximum atomic E-state index is 12.6. The standard InChI is InChI=1S/C20H19F3N2O2/c1-12-3-8-16(13(2)11-12)25-18(27)19(9-10-19)17(26)24-15-6-4-14(5-7-15)20(21,22)23/h3-8,11H,9-10H2,1-2H3,(H,24,26)(H,25,27). The van der Waals surface area contributed by atoms with E-state index < -0.39 is 29.0 Å². The first-order valence-electron chi connectivity index (χ1n) is 8.49. The average molecular weight is 376 g/mol. The zero-order chi connectivity index (χ0) is 19.8. The Hall–Kier alpha value is -2.83. The monoisotopic (exact) mass is 376 g/mol. The highest BCUT2D eigenvalue weighted by molar-refractivity contribution is 6.17. The van der Waals surface area contributed by atoms with E-state index in [4.69, 9.17) is 0 Å². The molecular formula is C20H19F3N2O2. The molecule has 0 unspecified atom stereocenters. The maximum Gasteiger partial charge on any atom is 0.416 e. The second-order valence-electron chi connectivity index (χ2n) is 6.88. The van der Waals surface area contributed by atoms with Crippen LogP contribution < -0.4 is 10.6 Å². The average Bonchev–Trinajstić information content (AvgIpc) is 3.39. The van der Waals surface area contributed by atoms with Gasteiger partial charge in [0.15, 0.2) is 0 Å². The summed E-state index contributed by atoms with van der Waals surface area (Å²) < 4.78 is 37.8. The summed E-state index contributed by atoms with van der Waals surface area (Å²) in [5, 5.41) is 5.33. The summed E-state index contributed by atoms with van der Waals surface area (Å²) in [4.78, 5) is 25.2. The van der Waals surface area contributed by atoms with Crippen LogP contribution in [0.1, 0.15) is 29.5 Å². The van der Waals surface area contributed by atoms with E-state index in [-0.39, 0.29) is 5.69 Å². The van der Waals surface area contributed by atoms with Gasteiger partial charge in [0.1, 0.15) is 5.41 Å². The van der Waals surface area contributed by atoms with Gasteiger partial charge in [0.05, 0.1) is 5.56 Å². The largest absolute Gasteiger partial charge is 0.416 e. The number of hydrogen-bond acceptors (Lipinski definition) is 2. The van der Waals surface area contributed by atoms with Crippen LogP contribution >= 0.6 is 0 Å². The number of anilines is 2. The molecule has 1 aliphatic rings. The number of carbonyl (C=O) groups excluding carboxylic acids is 2. The van der Waals surface area contributed by atoms with Crippen molar-refractivity contribution in [1.29, 1.82) is 0 Å². The van der Waals surface area contributed by atoms with Crippen molar-refractivity contribution in [3.63, 3.8) is 0 Å². The molecule has 1 saturated carbocycles. The van der Waals surface area contributed by atoms with Crippen molar-refractivity contribution in [2.75, 3.05) is 10.6 Å². The van der Waals surface area contributed by atoms with Crippen molar-refractivity contribution in [2.24, 2.45) is 5.41 Å². The predicted molar refractivity (Wildman–Crippen MR) is 96.3 cm³/mol. The molecule has 0 aliphatic heterocycles. The molecule has 0 atom stereocenters. The minimum atomic E-state index is -4.44. The zero-order valence-corrected chi connectivity index (χ0v) is 14.9. The van der Waals surface area contributed by atoms with Gasteiger partial charge in [0.25, 0.3) is 0 Å². The van der Waals surface area contributed by atoms with Crippen LogP contribution in [0.5, 0.6) is 0 Å². The van der Waals surface area contributed by atoms with Crippen molar-refractivity contribution in [2.45, 2.75) is 32.9 Å². The van der Waals surface area contributed by atoms with Crippen molar-refractivity contribution in [1.82, 2.24) is 0 Å². The summed E-state index contributed by atoms with van der Waals surface area (Å²) in [6.07, 6.45) is -3.64. The Bertz CT molecular complexity index is 885. The van der Waals surface area contributed by atoms with Crippen LogP contribution in [0.2, 0.25) is 0 Å². The number of amides is 2. The molecule has 0 aromatic heterocycles. The van der Waals surface area contributed by atoms with Crippen molar-refractivity contribution in [3.8, 4) is 0 Å². The lowest BCUT2D eigenvalue weighted by Crippen LogP contribution is -2.35. The van der Waals surface area contributed by atoms with E-state index >= 15 is 0 Å². The molecule has 0 saturated heterocycles. The lowest BCUT2D eigenvalue weighted by molar-refractivity contribution is -0.137. The number of carbonyl (C=O) groups is 2. The van der Waals surface area contributed by atoms with Crippen LogP contribution in [0.15, 0.2) is 42.5 Å². The molecule has 2 aromatic carbocycles. The number of benzene rings is 2. The quantitative estimate of drug-likeness (QED) is 0.762. The number of rotatable bonds is 4. The summed E-state index contributed by atoms with van der Waals surface area (Å²) in [6.45, 7) is 3.81. The smallest absolute Gasteiger partial charge is 0.325 e. The Labute approximate surface area is 154 Å². The van der Waals surface area contributed by atoms with Gasteiger partial charge in [-0.1, -0.05) is 17.7 Å². The van der Waals surface area contributed by atoms with Gasteiger partial charge < -0.3 is 10.6 Å². The third-order valence-electron chi connectivity index (χ3n) is 4.72. The SMILES string of the molecule is Cc1ccc(NC(=O)C2(C(=O)Nc3ccc(C(F)(F)F)cc3)CC2)c(C)c1. The van der Waals surface area contributed by atoms with Gasteiger partial charge in [-0.15, -0.1) is 0 Å². The Morgan fingerprint density at radius 1 is 0.926 bits per heavy atom. The van der Waals surface area contributed by atoms with E-state index in [0.29, 0.717) is 18.5 Å². The molecular weight excluding hydrogens is 357 g/mol. The Morgan fingerprint density at radius 3 is 2.04 bits per heavy atom. The van der Waals surface area contributed by atoms with Crippen molar-refractivity contribution < 1.29 is 22.8 Å². The summed E-state index contributed by atoms with van der Waals surface area (Å²) in [5.41, 5.74) is 0.834. The molecule has 2 N–H and O–H groups in total. The van der Waals surface area contributed by atoms with Gasteiger partial charge in [-0.2, -0.15) is 13.2 Å². The van der Waals surface area contributed by atoms with E-state index in [2.05, 4.69) is 10.6 Å². The molecule has 0 bridgehead atoms. The first-order chi connectivity index (χ1) is 12.6. The van der Waals surface area contributed by atoms with E-state index in [1.807, 2.05) is 26.0 Å². The lowest BCUT2D eigenvalue weighted by atomic mass is 10.0. The number of halogens is 3. The van der Waals surface area contributed by atoms with Gasteiger partial charge >= 0.3 is 6.18 Å². The topological polar surface area (TPSA) is 58.2 Å². The second-order valence-corrected chi connectivity index (χ2v) is 6.88. The molecule has 1 aliphatic carbocycles. The van der Waals surface area contributed by atoms with Gasteiger partial charge in [0.2, 0.25) is 11.8 Å². The maximum absolute atomic E-state index is 12.6. The van der Waals surface area contributed by atoms with Crippen LogP contribution in [0.25, 0.3) is 0 Å². The van der Waals surface area contributed by atoms with Crippen LogP contribution in [-0.2, 0) is 15.8 Å². The van der Waals surface area contributed by atoms with Crippen molar-refractivity contribution in [3.05, 3.63) is 59.2 Å². The minimum Gasteiger partial charge on any atom is -0.325 e. The number of alkyl halides is 3. The molecule has 142 valence electrons. The third kappa shape index (κ3) is 3.97. The molecule has 0 heterocycles. The molecule has 4 nitrogen and oxygen atoms in total. The van der Waals surface area contributed by atoms with Gasteiger partial charge in [-0.3, -0.25) is 9.59 Å². The van der Waals surface area contributed by atoms with Crippen molar-refractivity contribution >= 4 is 23.2 Å². The Morgan fingerprint density at radius 2 is 1.52 bits per heavy atom. The zero-order valence-electron chi connectivity index (χ0n) is 14.9. The third-order valence-corrected chi connectivity index (χ3v) is 4.72. The molecule has 0 radical (unpaired) electrons. The molecule has 1 fully saturated rings. The highest BCUT2D eigenvalue weighted by Gasteiger charge is 2.56. The summed E-state index contributed by atoms with van der Waals surface area (Å²) in [6, 6.07) is 9.72. The lowest BCUT2D eigenvalue weighted by Gasteiger charge is -2.17. The van der Waals surface area contributed by atoms with E-state index in [1.54, 1.807) is 6.07 Å². The van der Waals surface area contributed by atoms with E-state index in [0.717, 1.165) is 23.3 Å². The first-order valence-corrected chi connectivity index (χ1v) is 8.49. The van der Waals surface area contributed by atoms with Gasteiger partial charge in [-0.25, -0.2) is 0 Å². The van der Waals surface area contributed by atoms with Crippen LogP contribution in [0, 0.1) is 19.3 Å². The molecule has 27 heavy (non-hydrogen) atoms.